The SMILES string of the molecule is Nc1ncc(-c2ccc3cnc(CC(=O)c4ccc5c(c4)CCCC5)cc3c2)s1. The number of nitrogen functional groups attached to an aromatic ring is 1. The number of hydrogen-bond donors (Lipinski definition) is 1. The van der Waals surface area contributed by atoms with Crippen LogP contribution in [0.5, 0.6) is 0 Å². The van der Waals surface area contributed by atoms with E-state index in [0.29, 0.717) is 11.6 Å². The zero-order valence-electron chi connectivity index (χ0n) is 16.0. The Morgan fingerprint density at radius 1 is 0.931 bits per heavy atom. The van der Waals surface area contributed by atoms with Crippen LogP contribution in [0.3, 0.4) is 0 Å². The molecule has 0 saturated heterocycles. The molecule has 2 aromatic carbocycles. The first-order valence-corrected chi connectivity index (χ1v) is 10.7. The second-order valence-corrected chi connectivity index (χ2v) is 8.65. The van der Waals surface area contributed by atoms with Gasteiger partial charge in [0.1, 0.15) is 0 Å². The third-order valence-electron chi connectivity index (χ3n) is 5.60. The minimum atomic E-state index is 0.122. The molecule has 5 heteroatoms. The second-order valence-electron chi connectivity index (χ2n) is 7.59. The minimum absolute atomic E-state index is 0.122. The number of Topliss-reactive ketones (excluding diaryl/α,β-unsaturated/α-hetero) is 1. The monoisotopic (exact) mass is 399 g/mol. The molecule has 0 saturated carbocycles. The standard InChI is InChI=1S/C24H21N3OS/c25-24-27-14-23(29-24)18-7-8-19-13-26-21(11-20(19)10-18)12-22(28)17-6-5-15-3-1-2-4-16(15)9-17/h5-11,13-14H,1-4,12H2,(H2,25,27). The molecule has 5 rings (SSSR count). The van der Waals surface area contributed by atoms with Crippen LogP contribution in [0.25, 0.3) is 21.2 Å². The number of anilines is 1. The summed E-state index contributed by atoms with van der Waals surface area (Å²) in [7, 11) is 0. The molecule has 4 aromatic rings. The third-order valence-corrected chi connectivity index (χ3v) is 6.47. The fraction of sp³-hybridized carbons (Fsp3) is 0.208. The van der Waals surface area contributed by atoms with Gasteiger partial charge < -0.3 is 5.73 Å². The lowest BCUT2D eigenvalue weighted by Crippen LogP contribution is -2.08. The van der Waals surface area contributed by atoms with E-state index in [1.165, 1.54) is 35.3 Å². The number of nitrogens with two attached hydrogens (primary N) is 1. The van der Waals surface area contributed by atoms with Gasteiger partial charge in [0.25, 0.3) is 0 Å². The predicted molar refractivity (Wildman–Crippen MR) is 118 cm³/mol. The van der Waals surface area contributed by atoms with Gasteiger partial charge >= 0.3 is 0 Å². The van der Waals surface area contributed by atoms with Gasteiger partial charge in [0, 0.05) is 29.0 Å². The van der Waals surface area contributed by atoms with Gasteiger partial charge in [-0.3, -0.25) is 9.78 Å². The van der Waals surface area contributed by atoms with Crippen LogP contribution < -0.4 is 5.73 Å². The van der Waals surface area contributed by atoms with E-state index < -0.39 is 0 Å². The summed E-state index contributed by atoms with van der Waals surface area (Å²) in [6.45, 7) is 0. The second kappa shape index (κ2) is 7.41. The quantitative estimate of drug-likeness (QED) is 0.476. The number of thiazole rings is 1. The fourth-order valence-corrected chi connectivity index (χ4v) is 4.71. The van der Waals surface area contributed by atoms with Crippen LogP contribution in [0.2, 0.25) is 0 Å². The molecule has 0 bridgehead atoms. The molecule has 2 heterocycles. The Morgan fingerprint density at radius 3 is 2.62 bits per heavy atom. The van der Waals surface area contributed by atoms with Crippen LogP contribution >= 0.6 is 11.3 Å². The Kier molecular flexibility index (Phi) is 4.60. The molecule has 0 amide bonds. The number of carbonyl (C=O) groups is 1. The van der Waals surface area contributed by atoms with Gasteiger partial charge in [-0.05, 0) is 66.0 Å². The van der Waals surface area contributed by atoms with Crippen LogP contribution in [-0.2, 0) is 19.3 Å². The topological polar surface area (TPSA) is 68.9 Å². The molecule has 0 radical (unpaired) electrons. The first kappa shape index (κ1) is 18.0. The van der Waals surface area contributed by atoms with E-state index in [1.807, 2.05) is 24.4 Å². The molecule has 0 fully saturated rings. The Morgan fingerprint density at radius 2 is 1.79 bits per heavy atom. The van der Waals surface area contributed by atoms with Crippen molar-refractivity contribution in [1.29, 1.82) is 0 Å². The third kappa shape index (κ3) is 3.66. The zero-order valence-corrected chi connectivity index (χ0v) is 16.8. The van der Waals surface area contributed by atoms with E-state index in [2.05, 4.69) is 34.2 Å². The average Bonchev–Trinajstić information content (AvgIpc) is 3.19. The van der Waals surface area contributed by atoms with Gasteiger partial charge in [0.2, 0.25) is 0 Å². The summed E-state index contributed by atoms with van der Waals surface area (Å²) in [6.07, 6.45) is 8.62. The van der Waals surface area contributed by atoms with Gasteiger partial charge in [-0.15, -0.1) is 0 Å². The van der Waals surface area contributed by atoms with Crippen molar-refractivity contribution < 1.29 is 4.79 Å². The van der Waals surface area contributed by atoms with Crippen LogP contribution in [0.4, 0.5) is 5.13 Å². The molecule has 0 unspecified atom stereocenters. The normalized spacial score (nSPS) is 13.4. The maximum absolute atomic E-state index is 12.9. The van der Waals surface area contributed by atoms with E-state index in [-0.39, 0.29) is 5.78 Å². The van der Waals surface area contributed by atoms with Gasteiger partial charge in [-0.25, -0.2) is 4.98 Å². The molecule has 4 nitrogen and oxygen atoms in total. The molecule has 1 aliphatic carbocycles. The van der Waals surface area contributed by atoms with Crippen LogP contribution in [-0.4, -0.2) is 15.8 Å². The number of nitrogens with zero attached hydrogens (tertiary/aromatic N) is 2. The van der Waals surface area contributed by atoms with Crippen LogP contribution in [0.15, 0.2) is 54.9 Å². The van der Waals surface area contributed by atoms with Crippen molar-refractivity contribution >= 4 is 33.0 Å². The van der Waals surface area contributed by atoms with E-state index in [0.717, 1.165) is 45.3 Å². The molecule has 2 aromatic heterocycles. The molecule has 144 valence electrons. The van der Waals surface area contributed by atoms with Gasteiger partial charge in [0.15, 0.2) is 10.9 Å². The number of carbonyl (C=O) groups excluding carboxylic acids is 1. The maximum Gasteiger partial charge on any atom is 0.180 e. The average molecular weight is 400 g/mol. The number of hydrogen-bond acceptors (Lipinski definition) is 5. The molecular weight excluding hydrogens is 378 g/mol. The lowest BCUT2D eigenvalue weighted by molar-refractivity contribution is 0.0992. The van der Waals surface area contributed by atoms with Crippen molar-refractivity contribution in [2.24, 2.45) is 0 Å². The Bertz CT molecular complexity index is 1230. The highest BCUT2D eigenvalue weighted by molar-refractivity contribution is 7.18. The summed E-state index contributed by atoms with van der Waals surface area (Å²) in [6, 6.07) is 14.4. The van der Waals surface area contributed by atoms with Crippen molar-refractivity contribution in [2.45, 2.75) is 32.1 Å². The van der Waals surface area contributed by atoms with Crippen molar-refractivity contribution in [2.75, 3.05) is 5.73 Å². The lowest BCUT2D eigenvalue weighted by Gasteiger charge is -2.16. The zero-order chi connectivity index (χ0) is 19.8. The number of benzene rings is 2. The van der Waals surface area contributed by atoms with E-state index in [4.69, 9.17) is 5.73 Å². The van der Waals surface area contributed by atoms with E-state index in [1.54, 1.807) is 6.20 Å². The Labute approximate surface area is 173 Å². The van der Waals surface area contributed by atoms with E-state index in [9.17, 15) is 4.79 Å². The molecular formula is C24H21N3OS. The highest BCUT2D eigenvalue weighted by Crippen LogP contribution is 2.30. The van der Waals surface area contributed by atoms with Crippen LogP contribution in [0, 0.1) is 0 Å². The number of ketones is 1. The summed E-state index contributed by atoms with van der Waals surface area (Å²) in [5, 5.41) is 2.68. The van der Waals surface area contributed by atoms with Gasteiger partial charge in [-0.1, -0.05) is 35.6 Å². The predicted octanol–water partition coefficient (Wildman–Crippen LogP) is 5.24. The number of aromatic nitrogens is 2. The summed E-state index contributed by atoms with van der Waals surface area (Å²) >= 11 is 1.47. The maximum atomic E-state index is 12.9. The highest BCUT2D eigenvalue weighted by atomic mass is 32.1. The molecule has 2 N–H and O–H groups in total. The first-order chi connectivity index (χ1) is 14.2. The number of pyridine rings is 1. The van der Waals surface area contributed by atoms with Gasteiger partial charge in [-0.2, -0.15) is 0 Å². The van der Waals surface area contributed by atoms with E-state index >= 15 is 0 Å². The lowest BCUT2D eigenvalue weighted by atomic mass is 9.89. The fourth-order valence-electron chi connectivity index (χ4n) is 4.03. The smallest absolute Gasteiger partial charge is 0.180 e. The first-order valence-electron chi connectivity index (χ1n) is 9.91. The molecule has 29 heavy (non-hydrogen) atoms. The summed E-state index contributed by atoms with van der Waals surface area (Å²) in [5.74, 6) is 0.122. The highest BCUT2D eigenvalue weighted by Gasteiger charge is 2.14. The van der Waals surface area contributed by atoms with Gasteiger partial charge in [0.05, 0.1) is 11.3 Å². The largest absolute Gasteiger partial charge is 0.375 e. The van der Waals surface area contributed by atoms with Crippen molar-refractivity contribution in [3.63, 3.8) is 0 Å². The number of aryl methyl sites for hydroxylation is 2. The molecule has 0 spiro atoms. The number of fused-ring (bicyclic) bond motifs is 2. The van der Waals surface area contributed by atoms with Crippen molar-refractivity contribution in [1.82, 2.24) is 9.97 Å². The van der Waals surface area contributed by atoms with Crippen molar-refractivity contribution in [3.8, 4) is 10.4 Å². The minimum Gasteiger partial charge on any atom is -0.375 e. The Balaban J connectivity index is 1.42. The Hall–Kier alpha value is -3.05. The summed E-state index contributed by atoms with van der Waals surface area (Å²) in [5.41, 5.74) is 11.2. The molecule has 0 aliphatic heterocycles. The summed E-state index contributed by atoms with van der Waals surface area (Å²) < 4.78 is 0. The molecule has 0 atom stereocenters. The molecule has 1 aliphatic rings. The number of rotatable bonds is 4. The van der Waals surface area contributed by atoms with Crippen LogP contribution in [0.1, 0.15) is 40.0 Å². The van der Waals surface area contributed by atoms with Crippen molar-refractivity contribution in [3.05, 3.63) is 77.2 Å². The summed E-state index contributed by atoms with van der Waals surface area (Å²) in [4.78, 5) is 22.6.